The van der Waals surface area contributed by atoms with Gasteiger partial charge in [0.25, 0.3) is 5.91 Å². The number of carbonyl (C=O) groups is 2. The Labute approximate surface area is 165 Å². The van der Waals surface area contributed by atoms with E-state index in [2.05, 4.69) is 10.4 Å². The molecule has 0 aliphatic carbocycles. The molecule has 2 aromatic heterocycles. The van der Waals surface area contributed by atoms with Crippen molar-refractivity contribution in [3.05, 3.63) is 69.1 Å². The minimum absolute atomic E-state index is 0.179. The molecule has 6 nitrogen and oxygen atoms in total. The summed E-state index contributed by atoms with van der Waals surface area (Å²) in [4.78, 5) is 24.6. The van der Waals surface area contributed by atoms with E-state index in [4.69, 9.17) is 16.3 Å². The molecule has 0 radical (unpaired) electrons. The number of thiophene rings is 1. The number of aryl methyl sites for hydroxylation is 2. The van der Waals surface area contributed by atoms with Crippen LogP contribution in [-0.4, -0.2) is 21.7 Å². The molecule has 0 unspecified atom stereocenters. The molecule has 2 heterocycles. The van der Waals surface area contributed by atoms with E-state index in [0.717, 1.165) is 5.69 Å². The first kappa shape index (κ1) is 18.9. The summed E-state index contributed by atoms with van der Waals surface area (Å²) in [5, 5.41) is 9.24. The standard InChI is InChI=1S/C19H16ClN3O3S/c1-12-15(18(20)23(2)22-12)9-10-17(24)26-14-7-5-13(6-8-14)21-19(25)16-4-3-11-27-16/h3-11H,1-2H3,(H,21,25)/b10-9+. The summed E-state index contributed by atoms with van der Waals surface area (Å²) in [6, 6.07) is 10.1. The number of amides is 1. The van der Waals surface area contributed by atoms with Crippen molar-refractivity contribution in [1.82, 2.24) is 9.78 Å². The molecule has 0 atom stereocenters. The summed E-state index contributed by atoms with van der Waals surface area (Å²) >= 11 is 7.48. The summed E-state index contributed by atoms with van der Waals surface area (Å²) < 4.78 is 6.78. The fourth-order valence-corrected chi connectivity index (χ4v) is 3.20. The van der Waals surface area contributed by atoms with Gasteiger partial charge in [-0.25, -0.2) is 4.79 Å². The van der Waals surface area contributed by atoms with Crippen LogP contribution >= 0.6 is 22.9 Å². The lowest BCUT2D eigenvalue weighted by Gasteiger charge is -2.05. The van der Waals surface area contributed by atoms with E-state index in [1.807, 2.05) is 11.4 Å². The number of halogens is 1. The largest absolute Gasteiger partial charge is 0.423 e. The zero-order chi connectivity index (χ0) is 19.4. The zero-order valence-electron chi connectivity index (χ0n) is 14.6. The predicted molar refractivity (Wildman–Crippen MR) is 106 cm³/mol. The molecule has 0 saturated heterocycles. The zero-order valence-corrected chi connectivity index (χ0v) is 16.2. The van der Waals surface area contributed by atoms with E-state index in [9.17, 15) is 9.59 Å². The van der Waals surface area contributed by atoms with E-state index in [1.165, 1.54) is 22.1 Å². The fourth-order valence-electron chi connectivity index (χ4n) is 2.34. The third-order valence-corrected chi connectivity index (χ3v) is 4.97. The Balaban J connectivity index is 1.60. The van der Waals surface area contributed by atoms with Gasteiger partial charge in [0.05, 0.1) is 10.6 Å². The van der Waals surface area contributed by atoms with Crippen LogP contribution in [0.3, 0.4) is 0 Å². The number of anilines is 1. The van der Waals surface area contributed by atoms with Gasteiger partial charge in [-0.15, -0.1) is 11.3 Å². The minimum atomic E-state index is -0.537. The van der Waals surface area contributed by atoms with Crippen LogP contribution in [-0.2, 0) is 11.8 Å². The number of rotatable bonds is 5. The highest BCUT2D eigenvalue weighted by molar-refractivity contribution is 7.12. The van der Waals surface area contributed by atoms with Crippen LogP contribution in [0.2, 0.25) is 5.15 Å². The van der Waals surface area contributed by atoms with E-state index in [0.29, 0.717) is 27.0 Å². The first-order chi connectivity index (χ1) is 12.9. The molecular formula is C19H16ClN3O3S. The van der Waals surface area contributed by atoms with Crippen LogP contribution < -0.4 is 10.1 Å². The molecule has 0 fully saturated rings. The molecule has 0 aliphatic heterocycles. The van der Waals surface area contributed by atoms with Crippen molar-refractivity contribution in [1.29, 1.82) is 0 Å². The first-order valence-electron chi connectivity index (χ1n) is 7.98. The average molecular weight is 402 g/mol. The lowest BCUT2D eigenvalue weighted by atomic mass is 10.2. The van der Waals surface area contributed by atoms with Crippen LogP contribution in [0.1, 0.15) is 20.9 Å². The van der Waals surface area contributed by atoms with Crippen molar-refractivity contribution in [3.63, 3.8) is 0 Å². The lowest BCUT2D eigenvalue weighted by Crippen LogP contribution is -2.10. The summed E-state index contributed by atoms with van der Waals surface area (Å²) in [5.41, 5.74) is 2.00. The number of nitrogens with one attached hydrogen (secondary N) is 1. The molecule has 1 N–H and O–H groups in total. The van der Waals surface area contributed by atoms with Crippen LogP contribution in [0, 0.1) is 6.92 Å². The maximum absolute atomic E-state index is 12.0. The van der Waals surface area contributed by atoms with Crippen molar-refractivity contribution in [2.45, 2.75) is 6.92 Å². The Morgan fingerprint density at radius 3 is 2.59 bits per heavy atom. The Hall–Kier alpha value is -2.90. The molecule has 27 heavy (non-hydrogen) atoms. The topological polar surface area (TPSA) is 73.2 Å². The Morgan fingerprint density at radius 2 is 2.00 bits per heavy atom. The third-order valence-electron chi connectivity index (χ3n) is 3.66. The van der Waals surface area contributed by atoms with Crippen LogP contribution in [0.25, 0.3) is 6.08 Å². The van der Waals surface area contributed by atoms with Crippen LogP contribution in [0.5, 0.6) is 5.75 Å². The molecule has 0 bridgehead atoms. The van der Waals surface area contributed by atoms with Crippen molar-refractivity contribution < 1.29 is 14.3 Å². The highest BCUT2D eigenvalue weighted by atomic mass is 35.5. The van der Waals surface area contributed by atoms with Crippen molar-refractivity contribution >= 4 is 46.6 Å². The summed E-state index contributed by atoms with van der Waals surface area (Å²) in [5.74, 6) is -0.348. The normalized spacial score (nSPS) is 10.9. The second-order valence-corrected chi connectivity index (χ2v) is 6.93. The number of esters is 1. The highest BCUT2D eigenvalue weighted by Gasteiger charge is 2.10. The summed E-state index contributed by atoms with van der Waals surface area (Å²) in [7, 11) is 1.73. The fraction of sp³-hybridized carbons (Fsp3) is 0.105. The quantitative estimate of drug-likeness (QED) is 0.392. The molecule has 0 saturated carbocycles. The number of nitrogens with zero attached hydrogens (tertiary/aromatic N) is 2. The Morgan fingerprint density at radius 1 is 1.26 bits per heavy atom. The number of ether oxygens (including phenoxy) is 1. The third kappa shape index (κ3) is 4.64. The number of aromatic nitrogens is 2. The highest BCUT2D eigenvalue weighted by Crippen LogP contribution is 2.21. The van der Waals surface area contributed by atoms with E-state index in [-0.39, 0.29) is 5.91 Å². The van der Waals surface area contributed by atoms with Gasteiger partial charge in [0, 0.05) is 24.4 Å². The minimum Gasteiger partial charge on any atom is -0.423 e. The number of carbonyl (C=O) groups excluding carboxylic acids is 2. The van der Waals surface area contributed by atoms with E-state index < -0.39 is 5.97 Å². The van der Waals surface area contributed by atoms with Crippen LogP contribution in [0.15, 0.2) is 47.9 Å². The molecule has 1 amide bonds. The van der Waals surface area contributed by atoms with Crippen molar-refractivity contribution in [2.24, 2.45) is 7.05 Å². The van der Waals surface area contributed by atoms with Gasteiger partial charge in [0.15, 0.2) is 0 Å². The molecule has 0 spiro atoms. The Kier molecular flexibility index (Phi) is 5.73. The smallest absolute Gasteiger partial charge is 0.336 e. The monoisotopic (exact) mass is 401 g/mol. The van der Waals surface area contributed by atoms with Gasteiger partial charge in [0.2, 0.25) is 0 Å². The van der Waals surface area contributed by atoms with Gasteiger partial charge in [-0.1, -0.05) is 17.7 Å². The van der Waals surface area contributed by atoms with E-state index in [1.54, 1.807) is 50.4 Å². The van der Waals surface area contributed by atoms with Gasteiger partial charge in [-0.05, 0) is 48.7 Å². The lowest BCUT2D eigenvalue weighted by molar-refractivity contribution is -0.128. The van der Waals surface area contributed by atoms with Gasteiger partial charge in [0.1, 0.15) is 10.9 Å². The number of benzene rings is 1. The second-order valence-electron chi connectivity index (χ2n) is 5.62. The molecule has 8 heteroatoms. The molecule has 3 rings (SSSR count). The van der Waals surface area contributed by atoms with Crippen molar-refractivity contribution in [3.8, 4) is 5.75 Å². The molecule has 138 valence electrons. The number of hydrogen-bond donors (Lipinski definition) is 1. The van der Waals surface area contributed by atoms with Gasteiger partial charge in [-0.2, -0.15) is 5.10 Å². The van der Waals surface area contributed by atoms with Crippen molar-refractivity contribution in [2.75, 3.05) is 5.32 Å². The second kappa shape index (κ2) is 8.20. The van der Waals surface area contributed by atoms with Crippen LogP contribution in [0.4, 0.5) is 5.69 Å². The Bertz CT molecular complexity index is 992. The predicted octanol–water partition coefficient (Wildman–Crippen LogP) is 4.31. The van der Waals surface area contributed by atoms with E-state index >= 15 is 0 Å². The summed E-state index contributed by atoms with van der Waals surface area (Å²) in [6.07, 6.45) is 2.87. The maximum atomic E-state index is 12.0. The molecule has 1 aromatic carbocycles. The molecular weight excluding hydrogens is 386 g/mol. The first-order valence-corrected chi connectivity index (χ1v) is 9.23. The SMILES string of the molecule is Cc1nn(C)c(Cl)c1/C=C/C(=O)Oc1ccc(NC(=O)c2cccs2)cc1. The maximum Gasteiger partial charge on any atom is 0.336 e. The van der Waals surface area contributed by atoms with Gasteiger partial charge < -0.3 is 10.1 Å². The summed E-state index contributed by atoms with van der Waals surface area (Å²) in [6.45, 7) is 1.81. The number of hydrogen-bond acceptors (Lipinski definition) is 5. The molecule has 0 aliphatic rings. The molecule has 3 aromatic rings. The average Bonchev–Trinajstić information content (AvgIpc) is 3.25. The van der Waals surface area contributed by atoms with Gasteiger partial charge in [-0.3, -0.25) is 9.48 Å². The van der Waals surface area contributed by atoms with Gasteiger partial charge >= 0.3 is 5.97 Å².